The second-order valence-corrected chi connectivity index (χ2v) is 7.61. The van der Waals surface area contributed by atoms with Gasteiger partial charge in [0.1, 0.15) is 12.6 Å². The molecule has 1 aliphatic rings. The van der Waals surface area contributed by atoms with Crippen LogP contribution in [0.5, 0.6) is 0 Å². The summed E-state index contributed by atoms with van der Waals surface area (Å²) in [6.07, 6.45) is -0.581. The number of carbonyl (C=O) groups excluding carboxylic acids is 1. The lowest BCUT2D eigenvalue weighted by atomic mass is 9.98. The molecule has 6 nitrogen and oxygen atoms in total. The molecule has 1 amide bonds. The fourth-order valence-electron chi connectivity index (χ4n) is 4.01. The molecule has 158 valence electrons. The van der Waals surface area contributed by atoms with Gasteiger partial charge in [-0.2, -0.15) is 0 Å². The quantitative estimate of drug-likeness (QED) is 0.610. The fourth-order valence-corrected chi connectivity index (χ4v) is 4.01. The van der Waals surface area contributed by atoms with Gasteiger partial charge in [-0.15, -0.1) is 0 Å². The van der Waals surface area contributed by atoms with Crippen molar-refractivity contribution in [1.29, 1.82) is 0 Å². The molecule has 1 unspecified atom stereocenters. The summed E-state index contributed by atoms with van der Waals surface area (Å²) in [6.45, 7) is 0.250. The molecule has 0 saturated carbocycles. The highest BCUT2D eigenvalue weighted by Gasteiger charge is 2.30. The first-order chi connectivity index (χ1) is 15.0. The van der Waals surface area contributed by atoms with Gasteiger partial charge < -0.3 is 20.5 Å². The third kappa shape index (κ3) is 4.44. The minimum atomic E-state index is -1.19. The zero-order valence-corrected chi connectivity index (χ0v) is 17.0. The molecule has 6 heteroatoms. The molecule has 1 atom stereocenters. The Morgan fingerprint density at radius 1 is 0.903 bits per heavy atom. The number of carbonyl (C=O) groups is 2. The number of aliphatic carboxylic acids is 1. The van der Waals surface area contributed by atoms with Gasteiger partial charge in [-0.05, 0) is 27.8 Å². The summed E-state index contributed by atoms with van der Waals surface area (Å²) >= 11 is 0. The number of carboxylic acids is 1. The smallest absolute Gasteiger partial charge is 0.410 e. The number of amides is 1. The van der Waals surface area contributed by atoms with Gasteiger partial charge in [0.25, 0.3) is 0 Å². The van der Waals surface area contributed by atoms with E-state index in [4.69, 9.17) is 10.5 Å². The van der Waals surface area contributed by atoms with Crippen molar-refractivity contribution in [2.24, 2.45) is 5.73 Å². The van der Waals surface area contributed by atoms with Crippen LogP contribution in [0.1, 0.15) is 22.6 Å². The van der Waals surface area contributed by atoms with Gasteiger partial charge in [-0.3, -0.25) is 4.79 Å². The topological polar surface area (TPSA) is 92.9 Å². The Hall–Kier alpha value is -3.64. The summed E-state index contributed by atoms with van der Waals surface area (Å²) in [5.41, 5.74) is 11.1. The monoisotopic (exact) mass is 416 g/mol. The number of hydrogen-bond donors (Lipinski definition) is 2. The second-order valence-electron chi connectivity index (χ2n) is 7.61. The molecule has 0 saturated heterocycles. The lowest BCUT2D eigenvalue weighted by Crippen LogP contribution is -2.45. The predicted molar refractivity (Wildman–Crippen MR) is 118 cm³/mol. The van der Waals surface area contributed by atoms with Crippen molar-refractivity contribution in [3.05, 3.63) is 95.6 Å². The Kier molecular flexibility index (Phi) is 6.00. The maximum atomic E-state index is 12.9. The summed E-state index contributed by atoms with van der Waals surface area (Å²) in [7, 11) is 0. The van der Waals surface area contributed by atoms with Gasteiger partial charge in [0.05, 0.1) is 6.54 Å². The van der Waals surface area contributed by atoms with Crippen molar-refractivity contribution in [3.63, 3.8) is 0 Å². The number of ether oxygens (including phenoxy) is 1. The number of nitrogens with zero attached hydrogens (tertiary/aromatic N) is 1. The van der Waals surface area contributed by atoms with Crippen LogP contribution in [-0.4, -0.2) is 41.3 Å². The standard InChI is InChI=1S/C25H24N2O4/c26-23(24(28)29)15-27(14-17-8-2-1-3-9-17)25(30)31-16-22-20-12-6-4-10-18(20)19-11-5-7-13-21(19)22/h1-13,22-23H,14-16,26H2,(H,28,29). The maximum absolute atomic E-state index is 12.9. The summed E-state index contributed by atoms with van der Waals surface area (Å²) in [6, 6.07) is 24.4. The Morgan fingerprint density at radius 2 is 1.45 bits per heavy atom. The molecular formula is C25H24N2O4. The molecule has 0 aliphatic heterocycles. The molecule has 3 aromatic carbocycles. The Bertz CT molecular complexity index is 1040. The van der Waals surface area contributed by atoms with Crippen molar-refractivity contribution in [2.75, 3.05) is 13.2 Å². The van der Waals surface area contributed by atoms with Crippen molar-refractivity contribution < 1.29 is 19.4 Å². The lowest BCUT2D eigenvalue weighted by Gasteiger charge is -2.25. The molecule has 3 N–H and O–H groups in total. The van der Waals surface area contributed by atoms with Gasteiger partial charge in [0.15, 0.2) is 0 Å². The number of hydrogen-bond acceptors (Lipinski definition) is 4. The highest BCUT2D eigenvalue weighted by molar-refractivity contribution is 5.79. The third-order valence-electron chi connectivity index (χ3n) is 5.54. The molecule has 1 aliphatic carbocycles. The first-order valence-electron chi connectivity index (χ1n) is 10.2. The van der Waals surface area contributed by atoms with Crippen LogP contribution in [0.2, 0.25) is 0 Å². The third-order valence-corrected chi connectivity index (χ3v) is 5.54. The highest BCUT2D eigenvalue weighted by Crippen LogP contribution is 2.44. The number of nitrogens with two attached hydrogens (primary N) is 1. The van der Waals surface area contributed by atoms with E-state index in [1.165, 1.54) is 4.90 Å². The number of benzene rings is 3. The van der Waals surface area contributed by atoms with Gasteiger partial charge in [0.2, 0.25) is 0 Å². The number of rotatable bonds is 7. The van der Waals surface area contributed by atoms with Gasteiger partial charge >= 0.3 is 12.1 Å². The molecule has 0 heterocycles. The van der Waals surface area contributed by atoms with Crippen LogP contribution in [-0.2, 0) is 16.1 Å². The Balaban J connectivity index is 1.51. The first kappa shape index (κ1) is 20.6. The van der Waals surface area contributed by atoms with Crippen LogP contribution in [0.3, 0.4) is 0 Å². The van der Waals surface area contributed by atoms with E-state index in [2.05, 4.69) is 24.3 Å². The van der Waals surface area contributed by atoms with E-state index in [9.17, 15) is 14.7 Å². The van der Waals surface area contributed by atoms with Gasteiger partial charge in [0, 0.05) is 12.5 Å². The summed E-state index contributed by atoms with van der Waals surface area (Å²) in [5.74, 6) is -1.23. The molecule has 0 radical (unpaired) electrons. The van der Waals surface area contributed by atoms with Crippen LogP contribution in [0.15, 0.2) is 78.9 Å². The molecule has 31 heavy (non-hydrogen) atoms. The van der Waals surface area contributed by atoms with E-state index >= 15 is 0 Å². The molecular weight excluding hydrogens is 392 g/mol. The lowest BCUT2D eigenvalue weighted by molar-refractivity contribution is -0.138. The highest BCUT2D eigenvalue weighted by atomic mass is 16.6. The molecule has 0 bridgehead atoms. The van der Waals surface area contributed by atoms with E-state index in [0.29, 0.717) is 0 Å². The van der Waals surface area contributed by atoms with Crippen LogP contribution in [0.4, 0.5) is 4.79 Å². The van der Waals surface area contributed by atoms with Crippen LogP contribution in [0.25, 0.3) is 11.1 Å². The predicted octanol–water partition coefficient (Wildman–Crippen LogP) is 3.85. The number of fused-ring (bicyclic) bond motifs is 3. The van der Waals surface area contributed by atoms with Gasteiger partial charge in [-0.1, -0.05) is 78.9 Å². The van der Waals surface area contributed by atoms with Crippen LogP contribution < -0.4 is 5.73 Å². The minimum Gasteiger partial charge on any atom is -0.480 e. The second kappa shape index (κ2) is 9.02. The largest absolute Gasteiger partial charge is 0.480 e. The molecule has 0 aromatic heterocycles. The van der Waals surface area contributed by atoms with Crippen LogP contribution in [0, 0.1) is 0 Å². The SMILES string of the molecule is NC(CN(Cc1ccccc1)C(=O)OCC1c2ccccc2-c2ccccc21)C(=O)O. The Morgan fingerprint density at radius 3 is 2.03 bits per heavy atom. The molecule has 0 fully saturated rings. The number of carboxylic acid groups (broad SMARTS) is 1. The summed E-state index contributed by atoms with van der Waals surface area (Å²) < 4.78 is 5.69. The maximum Gasteiger partial charge on any atom is 0.410 e. The van der Waals surface area contributed by atoms with Crippen molar-refractivity contribution in [2.45, 2.75) is 18.5 Å². The average molecular weight is 416 g/mol. The normalized spacial score (nSPS) is 13.2. The summed E-state index contributed by atoms with van der Waals surface area (Å²) in [4.78, 5) is 25.5. The van der Waals surface area contributed by atoms with E-state index < -0.39 is 18.1 Å². The van der Waals surface area contributed by atoms with E-state index in [1.807, 2.05) is 54.6 Å². The van der Waals surface area contributed by atoms with E-state index in [1.54, 1.807) is 0 Å². The van der Waals surface area contributed by atoms with E-state index in [0.717, 1.165) is 27.8 Å². The molecule has 3 aromatic rings. The zero-order valence-electron chi connectivity index (χ0n) is 17.0. The average Bonchev–Trinajstić information content (AvgIpc) is 3.11. The molecule has 4 rings (SSSR count). The van der Waals surface area contributed by atoms with Crippen LogP contribution >= 0.6 is 0 Å². The fraction of sp³-hybridized carbons (Fsp3) is 0.200. The summed E-state index contributed by atoms with van der Waals surface area (Å²) in [5, 5.41) is 9.20. The van der Waals surface area contributed by atoms with Gasteiger partial charge in [-0.25, -0.2) is 4.79 Å². The first-order valence-corrected chi connectivity index (χ1v) is 10.2. The zero-order chi connectivity index (χ0) is 21.8. The Labute approximate surface area is 180 Å². The van der Waals surface area contributed by atoms with E-state index in [-0.39, 0.29) is 25.6 Å². The van der Waals surface area contributed by atoms with Crippen molar-refractivity contribution >= 4 is 12.1 Å². The molecule has 0 spiro atoms. The van der Waals surface area contributed by atoms with Crippen molar-refractivity contribution in [3.8, 4) is 11.1 Å². The minimum absolute atomic E-state index is 0.0666. The van der Waals surface area contributed by atoms with Crippen molar-refractivity contribution in [1.82, 2.24) is 4.90 Å².